The van der Waals surface area contributed by atoms with Gasteiger partial charge in [-0.05, 0) is 42.2 Å². The minimum absolute atomic E-state index is 0.403. The van der Waals surface area contributed by atoms with Gasteiger partial charge in [0.05, 0.1) is 0 Å². The Hall–Kier alpha value is -3.41. The van der Waals surface area contributed by atoms with Gasteiger partial charge in [-0.3, -0.25) is 9.59 Å². The molecule has 2 N–H and O–H groups in total. The summed E-state index contributed by atoms with van der Waals surface area (Å²) in [5.41, 5.74) is 2.67. The second-order valence-electron chi connectivity index (χ2n) is 6.91. The summed E-state index contributed by atoms with van der Waals surface area (Å²) in [5, 5.41) is 5.18. The molecule has 0 aliphatic heterocycles. The van der Waals surface area contributed by atoms with E-state index in [0.29, 0.717) is 11.6 Å². The minimum atomic E-state index is -0.874. The van der Waals surface area contributed by atoms with Crippen molar-refractivity contribution in [2.75, 3.05) is 11.9 Å². The Kier molecular flexibility index (Phi) is 8.15. The van der Waals surface area contributed by atoms with Gasteiger partial charge in [-0.25, -0.2) is 4.79 Å². The normalized spacial score (nSPS) is 11.9. The van der Waals surface area contributed by atoms with Gasteiger partial charge in [0.1, 0.15) is 6.04 Å². The molecule has 2 aromatic carbocycles. The zero-order valence-corrected chi connectivity index (χ0v) is 16.8. The molecule has 0 spiro atoms. The summed E-state index contributed by atoms with van der Waals surface area (Å²) in [5.74, 6) is -1.15. The number of anilines is 1. The third kappa shape index (κ3) is 7.62. The van der Waals surface area contributed by atoms with Gasteiger partial charge in [-0.1, -0.05) is 56.3 Å². The van der Waals surface area contributed by atoms with E-state index in [2.05, 4.69) is 24.5 Å². The summed E-state index contributed by atoms with van der Waals surface area (Å²) >= 11 is 0. The first-order valence-electron chi connectivity index (χ1n) is 9.45. The highest BCUT2D eigenvalue weighted by molar-refractivity contribution is 5.95. The first-order chi connectivity index (χ1) is 13.8. The first kappa shape index (κ1) is 21.9. The van der Waals surface area contributed by atoms with E-state index in [9.17, 15) is 14.4 Å². The number of carbonyl (C=O) groups is 3. The molecule has 0 fully saturated rings. The molecule has 6 heteroatoms. The van der Waals surface area contributed by atoms with E-state index in [-0.39, 0.29) is 0 Å². The molecule has 0 aromatic heterocycles. The van der Waals surface area contributed by atoms with Crippen molar-refractivity contribution in [2.45, 2.75) is 32.7 Å². The van der Waals surface area contributed by atoms with Crippen LogP contribution in [0, 0.1) is 0 Å². The molecule has 0 radical (unpaired) electrons. The van der Waals surface area contributed by atoms with Gasteiger partial charge in [-0.2, -0.15) is 0 Å². The fraction of sp³-hybridized carbons (Fsp3) is 0.261. The predicted octanol–water partition coefficient (Wildman–Crippen LogP) is 3.51. The van der Waals surface area contributed by atoms with Crippen molar-refractivity contribution >= 4 is 29.5 Å². The lowest BCUT2D eigenvalue weighted by Gasteiger charge is -2.12. The van der Waals surface area contributed by atoms with Crippen molar-refractivity contribution in [3.8, 4) is 0 Å². The van der Waals surface area contributed by atoms with Crippen LogP contribution in [-0.2, 0) is 19.1 Å². The van der Waals surface area contributed by atoms with Gasteiger partial charge in [0.25, 0.3) is 5.91 Å². The van der Waals surface area contributed by atoms with Gasteiger partial charge in [-0.15, -0.1) is 0 Å². The van der Waals surface area contributed by atoms with Crippen LogP contribution in [0.25, 0.3) is 6.08 Å². The van der Waals surface area contributed by atoms with Gasteiger partial charge in [0.15, 0.2) is 6.61 Å². The maximum Gasteiger partial charge on any atom is 0.328 e. The van der Waals surface area contributed by atoms with Crippen LogP contribution in [-0.4, -0.2) is 30.4 Å². The maximum absolute atomic E-state index is 12.0. The number of amides is 2. The number of ether oxygens (including phenoxy) is 1. The summed E-state index contributed by atoms with van der Waals surface area (Å²) in [4.78, 5) is 35.8. The van der Waals surface area contributed by atoms with E-state index in [1.807, 2.05) is 42.5 Å². The molecule has 0 saturated heterocycles. The van der Waals surface area contributed by atoms with Gasteiger partial charge in [0, 0.05) is 11.8 Å². The van der Waals surface area contributed by atoms with E-state index < -0.39 is 30.4 Å². The van der Waals surface area contributed by atoms with Crippen LogP contribution in [0.4, 0.5) is 5.69 Å². The standard InChI is InChI=1S/C23H26N2O4/c1-16(2)19-10-12-20(13-11-19)25-22(27)15-29-23(28)17(3)24-21(26)14-9-18-7-5-4-6-8-18/h4-14,16-17H,15H2,1-3H3,(H,24,26)(H,25,27)/b14-9+/t17-/m0/s1. The Morgan fingerprint density at radius 2 is 1.62 bits per heavy atom. The minimum Gasteiger partial charge on any atom is -0.454 e. The topological polar surface area (TPSA) is 84.5 Å². The van der Waals surface area contributed by atoms with Crippen LogP contribution in [0.3, 0.4) is 0 Å². The lowest BCUT2D eigenvalue weighted by molar-refractivity contribution is -0.149. The number of hydrogen-bond acceptors (Lipinski definition) is 4. The monoisotopic (exact) mass is 394 g/mol. The maximum atomic E-state index is 12.0. The Labute approximate surface area is 171 Å². The molecule has 6 nitrogen and oxygen atoms in total. The fourth-order valence-electron chi connectivity index (χ4n) is 2.47. The Morgan fingerprint density at radius 3 is 2.24 bits per heavy atom. The quantitative estimate of drug-likeness (QED) is 0.530. The average Bonchev–Trinajstić information content (AvgIpc) is 2.71. The number of carbonyl (C=O) groups excluding carboxylic acids is 3. The molecule has 1 atom stereocenters. The number of esters is 1. The molecule has 0 unspecified atom stereocenters. The van der Waals surface area contributed by atoms with E-state index in [0.717, 1.165) is 5.56 Å². The number of nitrogens with one attached hydrogen (secondary N) is 2. The van der Waals surface area contributed by atoms with Crippen molar-refractivity contribution < 1.29 is 19.1 Å². The van der Waals surface area contributed by atoms with E-state index in [1.165, 1.54) is 18.6 Å². The van der Waals surface area contributed by atoms with Gasteiger partial charge < -0.3 is 15.4 Å². The zero-order chi connectivity index (χ0) is 21.2. The Balaban J connectivity index is 1.75. The highest BCUT2D eigenvalue weighted by atomic mass is 16.5. The molecule has 0 aliphatic rings. The Morgan fingerprint density at radius 1 is 0.966 bits per heavy atom. The molecular weight excluding hydrogens is 368 g/mol. The molecule has 29 heavy (non-hydrogen) atoms. The largest absolute Gasteiger partial charge is 0.454 e. The second-order valence-corrected chi connectivity index (χ2v) is 6.91. The molecule has 2 amide bonds. The molecule has 0 aliphatic carbocycles. The van der Waals surface area contributed by atoms with Crippen molar-refractivity contribution in [3.63, 3.8) is 0 Å². The molecule has 152 valence electrons. The number of rotatable bonds is 8. The van der Waals surface area contributed by atoms with Crippen molar-refractivity contribution in [2.24, 2.45) is 0 Å². The van der Waals surface area contributed by atoms with Crippen LogP contribution < -0.4 is 10.6 Å². The van der Waals surface area contributed by atoms with Gasteiger partial charge in [0.2, 0.25) is 5.91 Å². The predicted molar refractivity (Wildman–Crippen MR) is 113 cm³/mol. The van der Waals surface area contributed by atoms with Crippen LogP contribution in [0.1, 0.15) is 37.8 Å². The van der Waals surface area contributed by atoms with Crippen LogP contribution >= 0.6 is 0 Å². The summed E-state index contributed by atoms with van der Waals surface area (Å²) in [6.45, 7) is 5.25. The fourth-order valence-corrected chi connectivity index (χ4v) is 2.47. The average molecular weight is 394 g/mol. The Bertz CT molecular complexity index is 858. The van der Waals surface area contributed by atoms with E-state index in [1.54, 1.807) is 18.2 Å². The van der Waals surface area contributed by atoms with E-state index >= 15 is 0 Å². The number of benzene rings is 2. The molecule has 2 rings (SSSR count). The highest BCUT2D eigenvalue weighted by Gasteiger charge is 2.17. The zero-order valence-electron chi connectivity index (χ0n) is 16.8. The molecule has 2 aromatic rings. The highest BCUT2D eigenvalue weighted by Crippen LogP contribution is 2.17. The summed E-state index contributed by atoms with van der Waals surface area (Å²) in [6, 6.07) is 15.9. The first-order valence-corrected chi connectivity index (χ1v) is 9.45. The lowest BCUT2D eigenvalue weighted by Crippen LogP contribution is -2.39. The van der Waals surface area contributed by atoms with Crippen molar-refractivity contribution in [1.82, 2.24) is 5.32 Å². The summed E-state index contributed by atoms with van der Waals surface area (Å²) < 4.78 is 4.97. The number of hydrogen-bond donors (Lipinski definition) is 2. The third-order valence-corrected chi connectivity index (χ3v) is 4.15. The summed E-state index contributed by atoms with van der Waals surface area (Å²) in [6.07, 6.45) is 2.98. The smallest absolute Gasteiger partial charge is 0.328 e. The van der Waals surface area contributed by atoms with Crippen molar-refractivity contribution in [1.29, 1.82) is 0 Å². The molecular formula is C23H26N2O4. The van der Waals surface area contributed by atoms with Crippen LogP contribution in [0.2, 0.25) is 0 Å². The SMILES string of the molecule is CC(C)c1ccc(NC(=O)COC(=O)[C@H](C)NC(=O)/C=C/c2ccccc2)cc1. The molecule has 0 heterocycles. The van der Waals surface area contributed by atoms with E-state index in [4.69, 9.17) is 4.74 Å². The second kappa shape index (κ2) is 10.8. The van der Waals surface area contributed by atoms with Crippen LogP contribution in [0.5, 0.6) is 0 Å². The van der Waals surface area contributed by atoms with Gasteiger partial charge >= 0.3 is 5.97 Å². The molecule has 0 saturated carbocycles. The lowest BCUT2D eigenvalue weighted by atomic mass is 10.0. The third-order valence-electron chi connectivity index (χ3n) is 4.15. The molecule has 0 bridgehead atoms. The summed E-state index contributed by atoms with van der Waals surface area (Å²) in [7, 11) is 0. The van der Waals surface area contributed by atoms with Crippen LogP contribution in [0.15, 0.2) is 60.7 Å². The van der Waals surface area contributed by atoms with Crippen molar-refractivity contribution in [3.05, 3.63) is 71.8 Å².